The van der Waals surface area contributed by atoms with E-state index in [9.17, 15) is 14.4 Å². The Labute approximate surface area is 137 Å². The molecule has 0 unspecified atom stereocenters. The van der Waals surface area contributed by atoms with Crippen LogP contribution in [0.1, 0.15) is 26.3 Å². The summed E-state index contributed by atoms with van der Waals surface area (Å²) in [5, 5.41) is 0.596. The predicted molar refractivity (Wildman–Crippen MR) is 83.9 cm³/mol. The van der Waals surface area contributed by atoms with Gasteiger partial charge in [-0.15, -0.1) is 0 Å². The van der Waals surface area contributed by atoms with Crippen molar-refractivity contribution in [1.82, 2.24) is 4.57 Å². The molecular formula is C16H14ClNO5. The highest BCUT2D eigenvalue weighted by Crippen LogP contribution is 2.11. The van der Waals surface area contributed by atoms with Crippen LogP contribution >= 0.6 is 11.6 Å². The molecule has 0 aliphatic carbocycles. The number of pyridine rings is 1. The van der Waals surface area contributed by atoms with Crippen LogP contribution in [0.25, 0.3) is 0 Å². The van der Waals surface area contributed by atoms with Crippen molar-refractivity contribution >= 4 is 23.5 Å². The van der Waals surface area contributed by atoms with Gasteiger partial charge in [-0.25, -0.2) is 9.59 Å². The summed E-state index contributed by atoms with van der Waals surface area (Å²) < 4.78 is 10.7. The molecule has 0 saturated heterocycles. The Balaban J connectivity index is 2.50. The minimum absolute atomic E-state index is 0.232. The Hall–Kier alpha value is -2.60. The van der Waals surface area contributed by atoms with E-state index in [2.05, 4.69) is 9.47 Å². The maximum Gasteiger partial charge on any atom is 0.343 e. The zero-order valence-corrected chi connectivity index (χ0v) is 13.3. The van der Waals surface area contributed by atoms with Gasteiger partial charge in [0.2, 0.25) is 5.43 Å². The topological polar surface area (TPSA) is 74.6 Å². The lowest BCUT2D eigenvalue weighted by atomic mass is 10.1. The fourth-order valence-corrected chi connectivity index (χ4v) is 2.16. The Morgan fingerprint density at radius 3 is 1.91 bits per heavy atom. The number of nitrogens with zero attached hydrogens (tertiary/aromatic N) is 1. The first-order chi connectivity index (χ1) is 11.0. The van der Waals surface area contributed by atoms with E-state index in [0.717, 1.165) is 19.8 Å². The van der Waals surface area contributed by atoms with Crippen LogP contribution in [0.4, 0.5) is 0 Å². The third kappa shape index (κ3) is 3.78. The number of methoxy groups -OCH3 is 2. The van der Waals surface area contributed by atoms with Crippen LogP contribution in [0.5, 0.6) is 0 Å². The lowest BCUT2D eigenvalue weighted by molar-refractivity contribution is 0.0594. The molecule has 0 amide bonds. The van der Waals surface area contributed by atoms with Crippen LogP contribution in [-0.2, 0) is 16.0 Å². The van der Waals surface area contributed by atoms with Gasteiger partial charge in [-0.05, 0) is 17.7 Å². The van der Waals surface area contributed by atoms with Gasteiger partial charge in [0.1, 0.15) is 11.1 Å². The molecule has 0 atom stereocenters. The van der Waals surface area contributed by atoms with Crippen molar-refractivity contribution < 1.29 is 19.1 Å². The molecule has 0 bridgehead atoms. The number of hydrogen-bond acceptors (Lipinski definition) is 5. The highest BCUT2D eigenvalue weighted by molar-refractivity contribution is 6.30. The van der Waals surface area contributed by atoms with Crippen LogP contribution < -0.4 is 5.43 Å². The van der Waals surface area contributed by atoms with Crippen molar-refractivity contribution in [1.29, 1.82) is 0 Å². The third-order valence-corrected chi connectivity index (χ3v) is 3.42. The highest BCUT2D eigenvalue weighted by atomic mass is 35.5. The molecule has 1 aromatic carbocycles. The smallest absolute Gasteiger partial charge is 0.343 e. The molecule has 2 rings (SSSR count). The lowest BCUT2D eigenvalue weighted by Crippen LogP contribution is -2.26. The molecule has 0 N–H and O–H groups in total. The zero-order chi connectivity index (χ0) is 17.0. The molecule has 0 aliphatic rings. The number of carbonyl (C=O) groups is 2. The number of aromatic nitrogens is 1. The van der Waals surface area contributed by atoms with E-state index in [1.54, 1.807) is 28.8 Å². The summed E-state index contributed by atoms with van der Waals surface area (Å²) in [5.74, 6) is -1.63. The number of ether oxygens (including phenoxy) is 2. The minimum atomic E-state index is -0.814. The summed E-state index contributed by atoms with van der Waals surface area (Å²) in [7, 11) is 2.33. The van der Waals surface area contributed by atoms with Crippen molar-refractivity contribution in [2.75, 3.05) is 14.2 Å². The molecule has 0 fully saturated rings. The highest BCUT2D eigenvalue weighted by Gasteiger charge is 2.20. The first-order valence-corrected chi connectivity index (χ1v) is 6.99. The number of rotatable bonds is 4. The molecule has 1 aromatic heterocycles. The van der Waals surface area contributed by atoms with Crippen LogP contribution in [-0.4, -0.2) is 30.7 Å². The monoisotopic (exact) mass is 335 g/mol. The molecule has 1 heterocycles. The van der Waals surface area contributed by atoms with Gasteiger partial charge in [-0.1, -0.05) is 23.7 Å². The average Bonchev–Trinajstić information content (AvgIpc) is 2.56. The summed E-state index contributed by atoms with van der Waals surface area (Å²) in [6.07, 6.45) is 2.68. The SMILES string of the molecule is COC(=O)c1cn(Cc2ccc(Cl)cc2)cc(C(=O)OC)c1=O. The molecule has 120 valence electrons. The Bertz CT molecular complexity index is 755. The standard InChI is InChI=1S/C16H14ClNO5/c1-22-15(20)12-8-18(7-10-3-5-11(17)6-4-10)9-13(14(12)19)16(21)23-2/h3-6,8-9H,7H2,1-2H3. The number of carbonyl (C=O) groups excluding carboxylic acids is 2. The van der Waals surface area contributed by atoms with Crippen molar-refractivity contribution in [2.45, 2.75) is 6.54 Å². The van der Waals surface area contributed by atoms with Crippen LogP contribution in [0.15, 0.2) is 41.5 Å². The predicted octanol–water partition coefficient (Wildman–Crippen LogP) is 2.12. The van der Waals surface area contributed by atoms with Crippen molar-refractivity contribution in [3.8, 4) is 0 Å². The van der Waals surface area contributed by atoms with Gasteiger partial charge in [0.25, 0.3) is 0 Å². The fraction of sp³-hybridized carbons (Fsp3) is 0.188. The van der Waals surface area contributed by atoms with Gasteiger partial charge in [-0.2, -0.15) is 0 Å². The minimum Gasteiger partial charge on any atom is -0.465 e. The molecule has 0 aliphatic heterocycles. The maximum atomic E-state index is 12.2. The molecule has 7 heteroatoms. The van der Waals surface area contributed by atoms with E-state index in [4.69, 9.17) is 11.6 Å². The second-order valence-electron chi connectivity index (χ2n) is 4.70. The molecule has 0 spiro atoms. The van der Waals surface area contributed by atoms with E-state index in [1.165, 1.54) is 12.4 Å². The summed E-state index contributed by atoms with van der Waals surface area (Å²) in [6.45, 7) is 0.339. The molecule has 6 nitrogen and oxygen atoms in total. The summed E-state index contributed by atoms with van der Waals surface area (Å²) in [5.41, 5.74) is -0.311. The Morgan fingerprint density at radius 1 is 1.00 bits per heavy atom. The van der Waals surface area contributed by atoms with Gasteiger partial charge in [0.15, 0.2) is 0 Å². The summed E-state index contributed by atoms with van der Waals surface area (Å²) in [4.78, 5) is 35.7. The summed E-state index contributed by atoms with van der Waals surface area (Å²) in [6, 6.07) is 7.05. The molecule has 2 aromatic rings. The van der Waals surface area contributed by atoms with E-state index in [0.29, 0.717) is 11.6 Å². The number of benzene rings is 1. The van der Waals surface area contributed by atoms with Gasteiger partial charge in [-0.3, -0.25) is 4.79 Å². The van der Waals surface area contributed by atoms with Crippen molar-refractivity contribution in [3.63, 3.8) is 0 Å². The maximum absolute atomic E-state index is 12.2. The first kappa shape index (κ1) is 16.8. The molecule has 0 saturated carbocycles. The van der Waals surface area contributed by atoms with Crippen molar-refractivity contribution in [3.05, 3.63) is 68.6 Å². The molecular weight excluding hydrogens is 322 g/mol. The van der Waals surface area contributed by atoms with Gasteiger partial charge >= 0.3 is 11.9 Å². The van der Waals surface area contributed by atoms with Crippen LogP contribution in [0.2, 0.25) is 5.02 Å². The molecule has 0 radical (unpaired) electrons. The zero-order valence-electron chi connectivity index (χ0n) is 12.5. The summed E-state index contributed by atoms with van der Waals surface area (Å²) >= 11 is 5.84. The van der Waals surface area contributed by atoms with E-state index in [-0.39, 0.29) is 11.1 Å². The van der Waals surface area contributed by atoms with E-state index < -0.39 is 17.4 Å². The van der Waals surface area contributed by atoms with E-state index >= 15 is 0 Å². The number of halogens is 1. The quantitative estimate of drug-likeness (QED) is 0.800. The molecule has 23 heavy (non-hydrogen) atoms. The third-order valence-electron chi connectivity index (χ3n) is 3.17. The fourth-order valence-electron chi connectivity index (χ4n) is 2.03. The Kier molecular flexibility index (Phi) is 5.18. The van der Waals surface area contributed by atoms with Gasteiger partial charge in [0, 0.05) is 24.0 Å². The van der Waals surface area contributed by atoms with Crippen LogP contribution in [0, 0.1) is 0 Å². The van der Waals surface area contributed by atoms with E-state index in [1.807, 2.05) is 0 Å². The average molecular weight is 336 g/mol. The normalized spacial score (nSPS) is 10.2. The lowest BCUT2D eigenvalue weighted by Gasteiger charge is -2.11. The van der Waals surface area contributed by atoms with Crippen molar-refractivity contribution in [2.24, 2.45) is 0 Å². The van der Waals surface area contributed by atoms with Gasteiger partial charge < -0.3 is 14.0 Å². The number of esters is 2. The first-order valence-electron chi connectivity index (χ1n) is 6.61. The van der Waals surface area contributed by atoms with Gasteiger partial charge in [0.05, 0.1) is 14.2 Å². The second-order valence-corrected chi connectivity index (χ2v) is 5.13. The van der Waals surface area contributed by atoms with Crippen LogP contribution in [0.3, 0.4) is 0 Å². The largest absolute Gasteiger partial charge is 0.465 e. The number of hydrogen-bond donors (Lipinski definition) is 0. The Morgan fingerprint density at radius 2 is 1.48 bits per heavy atom. The second kappa shape index (κ2) is 7.11.